The zero-order chi connectivity index (χ0) is 42.1. The van der Waals surface area contributed by atoms with Gasteiger partial charge in [0.15, 0.2) is 0 Å². The monoisotopic (exact) mass is 796 g/mol. The van der Waals surface area contributed by atoms with E-state index in [1.54, 1.807) is 36.4 Å². The Morgan fingerprint density at radius 1 is 0.317 bits per heavy atom. The lowest BCUT2D eigenvalue weighted by molar-refractivity contribution is 0.446. The second-order valence-corrected chi connectivity index (χ2v) is 17.1. The SMILES string of the molecule is C[N+](C)(C)c1ccc(C2=c3ccc([nH]3)=C(c3c(O)cccc3O)c3ccc([nH]3)C(c3ccc([N+](C)(C)C)cc3)=c3ccc([nH]3)=C(c3c(O)cccc3O)c3ccc2[nH]3)cc1. The van der Waals surface area contributed by atoms with Gasteiger partial charge in [-0.3, -0.25) is 8.97 Å². The molecule has 4 aromatic heterocycles. The minimum atomic E-state index is -0.0644. The molecule has 8 N–H and O–H groups in total. The summed E-state index contributed by atoms with van der Waals surface area (Å²) in [6.45, 7) is 0. The number of quaternary nitrogens is 2. The number of hydrogen-bond donors (Lipinski definition) is 8. The van der Waals surface area contributed by atoms with E-state index in [9.17, 15) is 20.4 Å². The van der Waals surface area contributed by atoms with Crippen LogP contribution in [0.25, 0.3) is 22.3 Å². The first-order chi connectivity index (χ1) is 28.7. The van der Waals surface area contributed by atoms with E-state index in [0.29, 0.717) is 42.2 Å². The van der Waals surface area contributed by atoms with E-state index >= 15 is 0 Å². The summed E-state index contributed by atoms with van der Waals surface area (Å²) in [6.07, 6.45) is 0. The number of rotatable bonds is 6. The molecule has 9 rings (SSSR count). The number of fused-ring (bicyclic) bond motifs is 8. The number of phenolic OH excluding ortho intramolecular Hbond substituents is 4. The molecule has 0 radical (unpaired) electrons. The number of H-pyrrole nitrogens is 4. The van der Waals surface area contributed by atoms with Crippen LogP contribution in [0.3, 0.4) is 0 Å². The maximum absolute atomic E-state index is 11.4. The topological polar surface area (TPSA) is 144 Å². The highest BCUT2D eigenvalue weighted by Crippen LogP contribution is 2.38. The van der Waals surface area contributed by atoms with Crippen LogP contribution in [0.4, 0.5) is 11.4 Å². The molecule has 0 fully saturated rings. The van der Waals surface area contributed by atoms with E-state index in [1.165, 1.54) is 0 Å². The third kappa shape index (κ3) is 6.67. The van der Waals surface area contributed by atoms with Gasteiger partial charge >= 0.3 is 0 Å². The molecule has 300 valence electrons. The second-order valence-electron chi connectivity index (χ2n) is 17.1. The third-order valence-corrected chi connectivity index (χ3v) is 11.3. The highest BCUT2D eigenvalue weighted by molar-refractivity contribution is 5.88. The summed E-state index contributed by atoms with van der Waals surface area (Å²) in [7, 11) is 12.8. The number of nitrogens with one attached hydrogen (secondary N) is 4. The van der Waals surface area contributed by atoms with Gasteiger partial charge in [0.05, 0.1) is 53.4 Å². The average molecular weight is 797 g/mol. The molecule has 10 heteroatoms. The van der Waals surface area contributed by atoms with Gasteiger partial charge in [0.25, 0.3) is 0 Å². The van der Waals surface area contributed by atoms with Gasteiger partial charge in [0, 0.05) is 66.5 Å². The van der Waals surface area contributed by atoms with Gasteiger partial charge in [-0.05, 0) is 132 Å². The molecular weight excluding hydrogens is 749 g/mol. The molecule has 0 amide bonds. The fraction of sp³-hybridized carbons (Fsp3) is 0.120. The Kier molecular flexibility index (Phi) is 9.00. The van der Waals surface area contributed by atoms with E-state index in [0.717, 1.165) is 55.7 Å². The lowest BCUT2D eigenvalue weighted by Crippen LogP contribution is -2.34. The first-order valence-corrected chi connectivity index (χ1v) is 19.8. The van der Waals surface area contributed by atoms with Gasteiger partial charge in [-0.15, -0.1) is 0 Å². The molecule has 5 heterocycles. The highest BCUT2D eigenvalue weighted by atomic mass is 16.3. The number of benzene rings is 4. The molecule has 8 bridgehead atoms. The molecule has 8 aromatic rings. The largest absolute Gasteiger partial charge is 0.507 e. The molecule has 0 saturated heterocycles. The molecule has 1 aliphatic rings. The van der Waals surface area contributed by atoms with Gasteiger partial charge in [-0.25, -0.2) is 0 Å². The van der Waals surface area contributed by atoms with Crippen molar-refractivity contribution >= 4 is 33.7 Å². The Morgan fingerprint density at radius 3 is 0.900 bits per heavy atom. The number of aromatic amines is 4. The highest BCUT2D eigenvalue weighted by Gasteiger charge is 2.24. The predicted octanol–water partition coefficient (Wildman–Crippen LogP) is 5.52. The van der Waals surface area contributed by atoms with Crippen LogP contribution < -0.4 is 30.4 Å². The van der Waals surface area contributed by atoms with Crippen molar-refractivity contribution in [3.8, 4) is 23.0 Å². The van der Waals surface area contributed by atoms with Crippen molar-refractivity contribution in [2.24, 2.45) is 0 Å². The van der Waals surface area contributed by atoms with Crippen LogP contribution in [0, 0.1) is 0 Å². The van der Waals surface area contributed by atoms with E-state index < -0.39 is 0 Å². The van der Waals surface area contributed by atoms with Gasteiger partial charge in [-0.1, -0.05) is 12.1 Å². The van der Waals surface area contributed by atoms with Crippen molar-refractivity contribution in [1.29, 1.82) is 0 Å². The first kappa shape index (κ1) is 38.1. The van der Waals surface area contributed by atoms with Crippen molar-refractivity contribution in [2.75, 3.05) is 42.3 Å². The van der Waals surface area contributed by atoms with Crippen LogP contribution >= 0.6 is 0 Å². The van der Waals surface area contributed by atoms with Gasteiger partial charge in [0.2, 0.25) is 0 Å². The van der Waals surface area contributed by atoms with Crippen molar-refractivity contribution in [1.82, 2.24) is 28.9 Å². The number of phenols is 4. The first-order valence-electron chi connectivity index (χ1n) is 19.8. The summed E-state index contributed by atoms with van der Waals surface area (Å²) < 4.78 is 1.30. The van der Waals surface area contributed by atoms with Crippen LogP contribution in [0.2, 0.25) is 0 Å². The standard InChI is InChI=1S/C50H46N6O4/c1-55(2,3)31-17-13-29(14-18-31)45-33-21-25-37(51-33)47(49-41(57)9-7-10-42(49)58)39-27-23-35(53-39)46(30-15-19-32(20-16-30)56(4,5)6)36-24-28-40(54-36)48(38-26-22-34(45)52-38)50-43(59)11-8-12-44(50)60/h7-28,51-54H,1-6H3,(H2-2,57,58,59,60)/p+2. The maximum Gasteiger partial charge on any atom is 0.132 e. The fourth-order valence-electron chi connectivity index (χ4n) is 8.21. The van der Waals surface area contributed by atoms with Crippen molar-refractivity contribution in [2.45, 2.75) is 0 Å². The van der Waals surface area contributed by atoms with Crippen LogP contribution in [0.1, 0.15) is 45.0 Å². The van der Waals surface area contributed by atoms with Crippen LogP contribution in [-0.2, 0) is 0 Å². The minimum Gasteiger partial charge on any atom is -0.507 e. The molecular formula is C50H48N6O4+2. The third-order valence-electron chi connectivity index (χ3n) is 11.3. The summed E-state index contributed by atoms with van der Waals surface area (Å²) in [6, 6.07) is 42.3. The summed E-state index contributed by atoms with van der Waals surface area (Å²) in [5.74, 6) is -0.258. The predicted molar refractivity (Wildman–Crippen MR) is 240 cm³/mol. The molecule has 0 spiro atoms. The molecule has 0 aliphatic carbocycles. The summed E-state index contributed by atoms with van der Waals surface area (Å²) in [5, 5.41) is 48.4. The number of aromatic nitrogens is 4. The molecule has 0 atom stereocenters. The number of nitrogens with zero attached hydrogens (tertiary/aromatic N) is 2. The van der Waals surface area contributed by atoms with Gasteiger partial charge in [0.1, 0.15) is 34.4 Å². The second kappa shape index (κ2) is 14.2. The zero-order valence-corrected chi connectivity index (χ0v) is 34.4. The Hall–Kier alpha value is -7.40. The molecule has 1 aliphatic heterocycles. The van der Waals surface area contributed by atoms with E-state index in [2.05, 4.69) is 111 Å². The van der Waals surface area contributed by atoms with E-state index in [1.807, 2.05) is 48.5 Å². The summed E-state index contributed by atoms with van der Waals surface area (Å²) in [4.78, 5) is 14.7. The number of hydrogen-bond acceptors (Lipinski definition) is 4. The van der Waals surface area contributed by atoms with E-state index in [-0.39, 0.29) is 34.1 Å². The van der Waals surface area contributed by atoms with Crippen molar-refractivity contribution in [3.05, 3.63) is 200 Å². The van der Waals surface area contributed by atoms with Gasteiger partial charge < -0.3 is 40.4 Å². The van der Waals surface area contributed by atoms with Crippen molar-refractivity contribution < 1.29 is 20.4 Å². The van der Waals surface area contributed by atoms with Crippen LogP contribution in [-0.4, -0.2) is 82.6 Å². The Morgan fingerprint density at radius 2 is 0.600 bits per heavy atom. The lowest BCUT2D eigenvalue weighted by atomic mass is 10.0. The molecule has 60 heavy (non-hydrogen) atoms. The average Bonchev–Trinajstić information content (AvgIpc) is 4.04. The Bertz CT molecular complexity index is 2940. The minimum absolute atomic E-state index is 0.0644. The maximum atomic E-state index is 11.4. The van der Waals surface area contributed by atoms with Gasteiger partial charge in [-0.2, -0.15) is 0 Å². The quantitative estimate of drug-likeness (QED) is 0.105. The van der Waals surface area contributed by atoms with Crippen LogP contribution in [0.15, 0.2) is 133 Å². The zero-order valence-electron chi connectivity index (χ0n) is 34.4. The van der Waals surface area contributed by atoms with E-state index in [4.69, 9.17) is 0 Å². The molecule has 0 unspecified atom stereocenters. The molecule has 0 saturated carbocycles. The fourth-order valence-corrected chi connectivity index (χ4v) is 8.21. The Balaban J connectivity index is 1.43. The van der Waals surface area contributed by atoms with Crippen LogP contribution in [0.5, 0.6) is 23.0 Å². The van der Waals surface area contributed by atoms with Crippen molar-refractivity contribution in [3.63, 3.8) is 0 Å². The smallest absolute Gasteiger partial charge is 0.132 e. The molecule has 4 aromatic carbocycles. The molecule has 10 nitrogen and oxygen atoms in total. The summed E-state index contributed by atoms with van der Waals surface area (Å²) >= 11 is 0. The number of aromatic hydroxyl groups is 4. The lowest BCUT2D eigenvalue weighted by Gasteiger charge is -2.23. The summed E-state index contributed by atoms with van der Waals surface area (Å²) in [5.41, 5.74) is 10.5. The Labute approximate surface area is 347 Å². The normalized spacial score (nSPS) is 13.3.